The van der Waals surface area contributed by atoms with Crippen LogP contribution < -0.4 is 0 Å². The van der Waals surface area contributed by atoms with Crippen molar-refractivity contribution in [3.05, 3.63) is 12.2 Å². The van der Waals surface area contributed by atoms with E-state index in [0.29, 0.717) is 13.0 Å². The second-order valence-electron chi connectivity index (χ2n) is 4.45. The number of rotatable bonds is 9. The predicted molar refractivity (Wildman–Crippen MR) is 68.0 cm³/mol. The lowest BCUT2D eigenvalue weighted by molar-refractivity contribution is -0.143. The van der Waals surface area contributed by atoms with Crippen LogP contribution in [-0.2, 0) is 19.1 Å². The van der Waals surface area contributed by atoms with E-state index in [-0.39, 0.29) is 18.0 Å². The maximum atomic E-state index is 11.1. The number of carbonyl (C=O) groups is 2. The Morgan fingerprint density at radius 1 is 1.28 bits per heavy atom. The molecule has 0 bridgehead atoms. The summed E-state index contributed by atoms with van der Waals surface area (Å²) in [5, 5.41) is 0. The average molecular weight is 254 g/mol. The Bertz CT molecular complexity index is 296. The maximum Gasteiger partial charge on any atom is 0.331 e. The van der Waals surface area contributed by atoms with Crippen LogP contribution >= 0.6 is 0 Å². The number of ether oxygens (including phenoxy) is 2. The van der Waals surface area contributed by atoms with Gasteiger partial charge in [0, 0.05) is 12.5 Å². The fraction of sp³-hybridized carbons (Fsp3) is 0.714. The lowest BCUT2D eigenvalue weighted by atomic mass is 10.1. The highest BCUT2D eigenvalue weighted by atomic mass is 16.5. The van der Waals surface area contributed by atoms with E-state index in [0.717, 1.165) is 38.5 Å². The average Bonchev–Trinajstić information content (AvgIpc) is 2.74. The lowest BCUT2D eigenvalue weighted by Gasteiger charge is -2.07. The molecule has 0 aliphatic carbocycles. The SMILES string of the molecule is CCOC(=O)CCCCCCCC1C=CC(=O)O1. The van der Waals surface area contributed by atoms with Crippen LogP contribution in [0.15, 0.2) is 12.2 Å². The molecule has 4 nitrogen and oxygen atoms in total. The zero-order valence-corrected chi connectivity index (χ0v) is 11.0. The Kier molecular flexibility index (Phi) is 7.14. The molecule has 102 valence electrons. The molecule has 1 atom stereocenters. The molecule has 1 rings (SSSR count). The first kappa shape index (κ1) is 14.7. The standard InChI is InChI=1S/C14H22O4/c1-2-17-13(15)9-7-5-3-4-6-8-12-10-11-14(16)18-12/h10-12H,2-9H2,1H3. The van der Waals surface area contributed by atoms with Crippen LogP contribution in [-0.4, -0.2) is 24.6 Å². The Balaban J connectivity index is 1.86. The highest BCUT2D eigenvalue weighted by molar-refractivity contribution is 5.84. The molecule has 0 fully saturated rings. The topological polar surface area (TPSA) is 52.6 Å². The summed E-state index contributed by atoms with van der Waals surface area (Å²) < 4.78 is 9.89. The third-order valence-electron chi connectivity index (χ3n) is 2.89. The van der Waals surface area contributed by atoms with Crippen LogP contribution in [0.4, 0.5) is 0 Å². The van der Waals surface area contributed by atoms with Crippen LogP contribution in [0.3, 0.4) is 0 Å². The third kappa shape index (κ3) is 6.42. The molecule has 1 unspecified atom stereocenters. The second-order valence-corrected chi connectivity index (χ2v) is 4.45. The highest BCUT2D eigenvalue weighted by Gasteiger charge is 2.15. The monoisotopic (exact) mass is 254 g/mol. The van der Waals surface area contributed by atoms with Gasteiger partial charge in [-0.2, -0.15) is 0 Å². The van der Waals surface area contributed by atoms with E-state index in [4.69, 9.17) is 9.47 Å². The number of hydrogen-bond acceptors (Lipinski definition) is 4. The quantitative estimate of drug-likeness (QED) is 0.469. The highest BCUT2D eigenvalue weighted by Crippen LogP contribution is 2.14. The normalized spacial score (nSPS) is 17.8. The summed E-state index contributed by atoms with van der Waals surface area (Å²) >= 11 is 0. The minimum absolute atomic E-state index is 0.0166. The zero-order chi connectivity index (χ0) is 13.2. The Morgan fingerprint density at radius 2 is 2.00 bits per heavy atom. The molecule has 0 N–H and O–H groups in total. The number of hydrogen-bond donors (Lipinski definition) is 0. The van der Waals surface area contributed by atoms with Crippen molar-refractivity contribution in [3.8, 4) is 0 Å². The molecule has 0 aromatic carbocycles. The number of esters is 2. The van der Waals surface area contributed by atoms with Gasteiger partial charge in [-0.1, -0.05) is 19.3 Å². The van der Waals surface area contributed by atoms with Gasteiger partial charge in [0.1, 0.15) is 6.10 Å². The van der Waals surface area contributed by atoms with Crippen molar-refractivity contribution >= 4 is 11.9 Å². The minimum Gasteiger partial charge on any atom is -0.466 e. The molecular weight excluding hydrogens is 232 g/mol. The molecule has 1 heterocycles. The molecule has 4 heteroatoms. The van der Waals surface area contributed by atoms with Gasteiger partial charge in [0.25, 0.3) is 0 Å². The number of cyclic esters (lactones) is 1. The third-order valence-corrected chi connectivity index (χ3v) is 2.89. The smallest absolute Gasteiger partial charge is 0.331 e. The molecule has 1 aliphatic rings. The molecule has 0 aromatic rings. The summed E-state index contributed by atoms with van der Waals surface area (Å²) in [4.78, 5) is 21.9. The van der Waals surface area contributed by atoms with Crippen molar-refractivity contribution < 1.29 is 19.1 Å². The van der Waals surface area contributed by atoms with Gasteiger partial charge in [-0.3, -0.25) is 4.79 Å². The van der Waals surface area contributed by atoms with Crippen LogP contribution in [0, 0.1) is 0 Å². The fourth-order valence-electron chi connectivity index (χ4n) is 1.95. The molecule has 18 heavy (non-hydrogen) atoms. The van der Waals surface area contributed by atoms with E-state index >= 15 is 0 Å². The molecule has 0 saturated carbocycles. The van der Waals surface area contributed by atoms with E-state index in [1.807, 2.05) is 13.0 Å². The maximum absolute atomic E-state index is 11.1. The van der Waals surface area contributed by atoms with E-state index < -0.39 is 0 Å². The first-order valence-corrected chi connectivity index (χ1v) is 6.77. The van der Waals surface area contributed by atoms with Crippen molar-refractivity contribution in [2.75, 3.05) is 6.61 Å². The van der Waals surface area contributed by atoms with Gasteiger partial charge in [0.05, 0.1) is 6.61 Å². The molecule has 0 aromatic heterocycles. The molecule has 0 saturated heterocycles. The van der Waals surface area contributed by atoms with Gasteiger partial charge < -0.3 is 9.47 Å². The van der Waals surface area contributed by atoms with Gasteiger partial charge in [-0.15, -0.1) is 0 Å². The first-order valence-electron chi connectivity index (χ1n) is 6.77. The second kappa shape index (κ2) is 8.72. The summed E-state index contributed by atoms with van der Waals surface area (Å²) in [5.74, 6) is -0.324. The van der Waals surface area contributed by atoms with E-state index in [2.05, 4.69) is 0 Å². The molecule has 0 radical (unpaired) electrons. The van der Waals surface area contributed by atoms with Crippen molar-refractivity contribution in [2.24, 2.45) is 0 Å². The minimum atomic E-state index is -0.227. The van der Waals surface area contributed by atoms with Crippen LogP contribution in [0.25, 0.3) is 0 Å². The van der Waals surface area contributed by atoms with Gasteiger partial charge in [0.2, 0.25) is 0 Å². The summed E-state index contributed by atoms with van der Waals surface area (Å²) in [7, 11) is 0. The summed E-state index contributed by atoms with van der Waals surface area (Å²) in [6, 6.07) is 0. The fourth-order valence-corrected chi connectivity index (χ4v) is 1.95. The number of carbonyl (C=O) groups excluding carboxylic acids is 2. The van der Waals surface area contributed by atoms with Crippen LogP contribution in [0.1, 0.15) is 51.9 Å². The predicted octanol–water partition coefficient (Wildman–Crippen LogP) is 2.76. The van der Waals surface area contributed by atoms with Crippen LogP contribution in [0.2, 0.25) is 0 Å². The summed E-state index contributed by atoms with van der Waals surface area (Å²) in [6.45, 7) is 2.29. The van der Waals surface area contributed by atoms with Gasteiger partial charge in [0.15, 0.2) is 0 Å². The summed E-state index contributed by atoms with van der Waals surface area (Å²) in [5.41, 5.74) is 0. The Hall–Kier alpha value is -1.32. The van der Waals surface area contributed by atoms with Gasteiger partial charge in [-0.05, 0) is 32.3 Å². The molecule has 0 amide bonds. The Labute approximate surface area is 108 Å². The van der Waals surface area contributed by atoms with Crippen molar-refractivity contribution in [2.45, 2.75) is 58.0 Å². The molecule has 0 spiro atoms. The van der Waals surface area contributed by atoms with Crippen molar-refractivity contribution in [3.63, 3.8) is 0 Å². The first-order chi connectivity index (χ1) is 8.72. The largest absolute Gasteiger partial charge is 0.466 e. The number of unbranched alkanes of at least 4 members (excludes halogenated alkanes) is 4. The lowest BCUT2D eigenvalue weighted by Crippen LogP contribution is -2.07. The van der Waals surface area contributed by atoms with Gasteiger partial charge >= 0.3 is 11.9 Å². The van der Waals surface area contributed by atoms with Crippen molar-refractivity contribution in [1.29, 1.82) is 0 Å². The molecule has 1 aliphatic heterocycles. The van der Waals surface area contributed by atoms with Gasteiger partial charge in [-0.25, -0.2) is 4.79 Å². The van der Waals surface area contributed by atoms with E-state index in [1.54, 1.807) is 0 Å². The Morgan fingerprint density at radius 3 is 2.67 bits per heavy atom. The van der Waals surface area contributed by atoms with Crippen LogP contribution in [0.5, 0.6) is 0 Å². The van der Waals surface area contributed by atoms with E-state index in [9.17, 15) is 9.59 Å². The van der Waals surface area contributed by atoms with Crippen molar-refractivity contribution in [1.82, 2.24) is 0 Å². The molecular formula is C14H22O4. The zero-order valence-electron chi connectivity index (χ0n) is 11.0. The summed E-state index contributed by atoms with van der Waals surface area (Å²) in [6.07, 6.45) is 9.97. The van der Waals surface area contributed by atoms with E-state index in [1.165, 1.54) is 6.08 Å².